The molecule has 1 unspecified atom stereocenters. The molecule has 0 fully saturated rings. The molecule has 0 spiro atoms. The minimum absolute atomic E-state index is 0.253. The molecule has 15 heavy (non-hydrogen) atoms. The van der Waals surface area contributed by atoms with Gasteiger partial charge in [0, 0.05) is 17.9 Å². The molecule has 0 heterocycles. The molecule has 0 aliphatic carbocycles. The van der Waals surface area contributed by atoms with Crippen LogP contribution in [0.3, 0.4) is 0 Å². The Balaban J connectivity index is 4.28. The fourth-order valence-corrected chi connectivity index (χ4v) is 0.976. The maximum Gasteiger partial charge on any atom is 0.0669 e. The van der Waals surface area contributed by atoms with Gasteiger partial charge in [-0.1, -0.05) is 6.58 Å². The fourth-order valence-electron chi connectivity index (χ4n) is 0.976. The van der Waals surface area contributed by atoms with E-state index in [-0.39, 0.29) is 6.42 Å². The Morgan fingerprint density at radius 3 is 2.00 bits per heavy atom. The number of carbonyl (C=O) groups is 3. The van der Waals surface area contributed by atoms with Crippen LogP contribution in [0.1, 0.15) is 19.3 Å². The summed E-state index contributed by atoms with van der Waals surface area (Å²) in [6, 6.07) is 0. The zero-order valence-electron chi connectivity index (χ0n) is 7.86. The van der Waals surface area contributed by atoms with E-state index in [1.54, 1.807) is 0 Å². The predicted molar refractivity (Wildman–Crippen MR) is 41.5 cm³/mol. The molecule has 0 rings (SSSR count). The van der Waals surface area contributed by atoms with Crippen molar-refractivity contribution in [1.29, 1.82) is 0 Å². The lowest BCUT2D eigenvalue weighted by Crippen LogP contribution is -2.35. The molecule has 0 radical (unpaired) electrons. The number of rotatable bonds is 7. The minimum Gasteiger partial charge on any atom is -0.550 e. The molecule has 0 N–H and O–H groups in total. The number of hydrogen-bond acceptors (Lipinski definition) is 6. The largest absolute Gasteiger partial charge is 0.550 e. The molecule has 0 aromatic rings. The summed E-state index contributed by atoms with van der Waals surface area (Å²) in [4.78, 5) is 30.8. The van der Waals surface area contributed by atoms with E-state index in [0.717, 1.165) is 0 Å². The molecule has 0 aromatic carbocycles. The number of hydrogen-bond donors (Lipinski definition) is 0. The highest BCUT2D eigenvalue weighted by atomic mass is 16.4. The van der Waals surface area contributed by atoms with E-state index in [1.807, 2.05) is 0 Å². The van der Waals surface area contributed by atoms with Crippen LogP contribution in [0, 0.1) is 5.92 Å². The molecular weight excluding hydrogens is 204 g/mol. The van der Waals surface area contributed by atoms with Gasteiger partial charge < -0.3 is 29.7 Å². The second kappa shape index (κ2) is 5.79. The minimum atomic E-state index is -1.56. The van der Waals surface area contributed by atoms with Gasteiger partial charge in [-0.3, -0.25) is 0 Å². The highest BCUT2D eigenvalue weighted by molar-refractivity contribution is 5.85. The van der Waals surface area contributed by atoms with Crippen LogP contribution in [0.2, 0.25) is 0 Å². The molecule has 1 atom stereocenters. The van der Waals surface area contributed by atoms with Crippen LogP contribution < -0.4 is 15.3 Å². The van der Waals surface area contributed by atoms with E-state index in [9.17, 15) is 29.7 Å². The lowest BCUT2D eigenvalue weighted by atomic mass is 9.95. The van der Waals surface area contributed by atoms with E-state index in [1.165, 1.54) is 0 Å². The van der Waals surface area contributed by atoms with E-state index < -0.39 is 42.2 Å². The summed E-state index contributed by atoms with van der Waals surface area (Å²) < 4.78 is 0. The summed E-state index contributed by atoms with van der Waals surface area (Å²) in [6.07, 6.45) is -1.12. The Bertz CT molecular complexity index is 293. The molecule has 0 amide bonds. The quantitative estimate of drug-likeness (QED) is 0.406. The summed E-state index contributed by atoms with van der Waals surface area (Å²) in [5, 5.41) is 30.8. The van der Waals surface area contributed by atoms with Gasteiger partial charge in [0.2, 0.25) is 0 Å². The number of carboxylic acids is 3. The summed E-state index contributed by atoms with van der Waals surface area (Å²) in [7, 11) is 0. The normalized spacial score (nSPS) is 11.7. The molecular formula is C9H9O6-3. The number of aliphatic carboxylic acids is 3. The zero-order valence-corrected chi connectivity index (χ0v) is 7.86. The van der Waals surface area contributed by atoms with E-state index >= 15 is 0 Å². The molecule has 0 bridgehead atoms. The first-order valence-electron chi connectivity index (χ1n) is 4.14. The molecule has 0 aliphatic rings. The van der Waals surface area contributed by atoms with Gasteiger partial charge in [-0.2, -0.15) is 0 Å². The van der Waals surface area contributed by atoms with Crippen LogP contribution in [0.5, 0.6) is 0 Å². The third kappa shape index (κ3) is 5.45. The highest BCUT2D eigenvalue weighted by Crippen LogP contribution is 2.15. The van der Waals surface area contributed by atoms with Crippen molar-refractivity contribution < 1.29 is 29.7 Å². The SMILES string of the molecule is C=C(CC(CCC(=O)[O-])C(=O)[O-])C(=O)[O-]. The first-order valence-corrected chi connectivity index (χ1v) is 4.14. The van der Waals surface area contributed by atoms with Gasteiger partial charge in [-0.15, -0.1) is 0 Å². The van der Waals surface area contributed by atoms with Crippen molar-refractivity contribution in [3.8, 4) is 0 Å². The molecule has 0 saturated heterocycles. The Hall–Kier alpha value is -1.85. The molecule has 0 aliphatic heterocycles. The van der Waals surface area contributed by atoms with Crippen LogP contribution in [0.25, 0.3) is 0 Å². The number of carbonyl (C=O) groups excluding carboxylic acids is 3. The van der Waals surface area contributed by atoms with Crippen molar-refractivity contribution in [2.45, 2.75) is 19.3 Å². The maximum atomic E-state index is 10.5. The topological polar surface area (TPSA) is 120 Å². The predicted octanol–water partition coefficient (Wildman–Crippen LogP) is -3.42. The summed E-state index contributed by atoms with van der Waals surface area (Å²) in [5.41, 5.74) is -0.400. The molecule has 6 nitrogen and oxygen atoms in total. The second-order valence-corrected chi connectivity index (χ2v) is 3.02. The fraction of sp³-hybridized carbons (Fsp3) is 0.444. The molecule has 0 aromatic heterocycles. The van der Waals surface area contributed by atoms with Crippen molar-refractivity contribution >= 4 is 17.9 Å². The third-order valence-corrected chi connectivity index (χ3v) is 1.81. The van der Waals surface area contributed by atoms with Gasteiger partial charge in [-0.05, 0) is 24.8 Å². The highest BCUT2D eigenvalue weighted by Gasteiger charge is 2.12. The van der Waals surface area contributed by atoms with Crippen LogP contribution in [0.15, 0.2) is 12.2 Å². The monoisotopic (exact) mass is 213 g/mol. The Kier molecular flexibility index (Phi) is 5.08. The summed E-state index contributed by atoms with van der Waals surface area (Å²) in [6.45, 7) is 3.09. The zero-order chi connectivity index (χ0) is 12.0. The van der Waals surface area contributed by atoms with Crippen LogP contribution in [-0.2, 0) is 14.4 Å². The van der Waals surface area contributed by atoms with Crippen molar-refractivity contribution in [1.82, 2.24) is 0 Å². The van der Waals surface area contributed by atoms with Crippen molar-refractivity contribution in [2.75, 3.05) is 0 Å². The first-order chi connectivity index (χ1) is 6.84. The van der Waals surface area contributed by atoms with Crippen molar-refractivity contribution in [3.05, 3.63) is 12.2 Å². The average molecular weight is 213 g/mol. The molecule has 0 saturated carbocycles. The molecule has 84 valence electrons. The Labute approximate surface area is 85.8 Å². The molecule has 6 heteroatoms. The summed E-state index contributed by atoms with van der Waals surface area (Å²) >= 11 is 0. The van der Waals surface area contributed by atoms with Gasteiger partial charge in [-0.25, -0.2) is 0 Å². The third-order valence-electron chi connectivity index (χ3n) is 1.81. The van der Waals surface area contributed by atoms with Gasteiger partial charge in [0.25, 0.3) is 0 Å². The Morgan fingerprint density at radius 1 is 1.13 bits per heavy atom. The lowest BCUT2D eigenvalue weighted by molar-refractivity contribution is -0.313. The van der Waals surface area contributed by atoms with Crippen LogP contribution in [0.4, 0.5) is 0 Å². The van der Waals surface area contributed by atoms with E-state index in [2.05, 4.69) is 6.58 Å². The van der Waals surface area contributed by atoms with E-state index in [4.69, 9.17) is 0 Å². The first kappa shape index (κ1) is 13.2. The maximum absolute atomic E-state index is 10.5. The van der Waals surface area contributed by atoms with Crippen molar-refractivity contribution in [3.63, 3.8) is 0 Å². The van der Waals surface area contributed by atoms with E-state index in [0.29, 0.717) is 0 Å². The second-order valence-electron chi connectivity index (χ2n) is 3.02. The van der Waals surface area contributed by atoms with Crippen LogP contribution >= 0.6 is 0 Å². The average Bonchev–Trinajstić information content (AvgIpc) is 2.10. The van der Waals surface area contributed by atoms with Gasteiger partial charge in [0.05, 0.1) is 5.97 Å². The number of carboxylic acid groups (broad SMARTS) is 3. The van der Waals surface area contributed by atoms with Gasteiger partial charge >= 0.3 is 0 Å². The van der Waals surface area contributed by atoms with Crippen molar-refractivity contribution in [2.24, 2.45) is 5.92 Å². The summed E-state index contributed by atoms with van der Waals surface area (Å²) in [5.74, 6) is -5.68. The van der Waals surface area contributed by atoms with Gasteiger partial charge in [0.15, 0.2) is 0 Å². The smallest absolute Gasteiger partial charge is 0.0669 e. The Morgan fingerprint density at radius 2 is 1.67 bits per heavy atom. The van der Waals surface area contributed by atoms with Gasteiger partial charge in [0.1, 0.15) is 0 Å². The standard InChI is InChI=1S/C9H12O6/c1-5(8(12)13)4-6(9(14)15)2-3-7(10)11/h6H,1-4H2,(H,10,11)(H,12,13)(H,14,15)/p-3. The van der Waals surface area contributed by atoms with Crippen LogP contribution in [-0.4, -0.2) is 17.9 Å². The lowest BCUT2D eigenvalue weighted by Gasteiger charge is -2.19.